The van der Waals surface area contributed by atoms with Crippen LogP contribution in [0.5, 0.6) is 0 Å². The molecule has 2 aliphatic rings. The van der Waals surface area contributed by atoms with Gasteiger partial charge in [0.15, 0.2) is 0 Å². The van der Waals surface area contributed by atoms with Crippen LogP contribution in [-0.2, 0) is 0 Å². The Labute approximate surface area is 101 Å². The minimum Gasteiger partial charge on any atom is -0.394 e. The fourth-order valence-electron chi connectivity index (χ4n) is 1.80. The van der Waals surface area contributed by atoms with Crippen LogP contribution in [0.3, 0.4) is 0 Å². The van der Waals surface area contributed by atoms with Crippen LogP contribution in [0.25, 0.3) is 0 Å². The topological polar surface area (TPSA) is 70.5 Å². The van der Waals surface area contributed by atoms with Crippen molar-refractivity contribution in [2.45, 2.75) is 0 Å². The molecule has 0 spiro atoms. The van der Waals surface area contributed by atoms with Crippen LogP contribution in [0.4, 0.5) is 0 Å². The van der Waals surface area contributed by atoms with Gasteiger partial charge in [-0.15, -0.1) is 0 Å². The van der Waals surface area contributed by atoms with E-state index in [0.717, 1.165) is 31.9 Å². The van der Waals surface area contributed by atoms with Gasteiger partial charge in [-0.05, 0) is 12.2 Å². The Morgan fingerprint density at radius 2 is 1.88 bits per heavy atom. The zero-order chi connectivity index (χ0) is 11.5. The fraction of sp³-hybridized carbons (Fsp3) is 0.400. The maximum atomic E-state index is 6.00. The van der Waals surface area contributed by atoms with E-state index in [1.54, 1.807) is 6.20 Å². The third kappa shape index (κ3) is 2.28. The second kappa shape index (κ2) is 4.71. The maximum absolute atomic E-state index is 6.00. The highest BCUT2D eigenvalue weighted by Gasteiger charge is 2.19. The SMILES string of the molecule is NC1=C(N)C(N2CCN(S)CC2)=CC=CN1. The van der Waals surface area contributed by atoms with Crippen LogP contribution >= 0.6 is 12.8 Å². The van der Waals surface area contributed by atoms with Crippen molar-refractivity contribution < 1.29 is 0 Å². The van der Waals surface area contributed by atoms with Gasteiger partial charge in [0.2, 0.25) is 0 Å². The number of nitrogens with one attached hydrogen (secondary N) is 1. The van der Waals surface area contributed by atoms with Crippen molar-refractivity contribution >= 4 is 12.8 Å². The third-order valence-electron chi connectivity index (χ3n) is 2.75. The first-order valence-electron chi connectivity index (χ1n) is 5.26. The van der Waals surface area contributed by atoms with E-state index in [1.807, 2.05) is 16.5 Å². The average molecular weight is 239 g/mol. The molecule has 5 nitrogen and oxygen atoms in total. The lowest BCUT2D eigenvalue weighted by Crippen LogP contribution is -2.43. The van der Waals surface area contributed by atoms with Crippen LogP contribution in [0.15, 0.2) is 35.6 Å². The lowest BCUT2D eigenvalue weighted by molar-refractivity contribution is 0.245. The molecule has 2 heterocycles. The molecule has 0 aromatic heterocycles. The molecule has 2 rings (SSSR count). The van der Waals surface area contributed by atoms with E-state index in [1.165, 1.54) is 0 Å². The van der Waals surface area contributed by atoms with Gasteiger partial charge < -0.3 is 21.7 Å². The highest BCUT2D eigenvalue weighted by molar-refractivity contribution is 7.77. The number of hydrogen-bond donors (Lipinski definition) is 4. The standard InChI is InChI=1S/C10H17N5S/c11-9-8(2-1-3-13-10(9)12)14-4-6-15(16)7-5-14/h1-3,13,16H,4-7,11-12H2. The predicted octanol–water partition coefficient (Wildman–Crippen LogP) is -0.464. The predicted molar refractivity (Wildman–Crippen MR) is 67.9 cm³/mol. The highest BCUT2D eigenvalue weighted by atomic mass is 32.1. The Kier molecular flexibility index (Phi) is 3.31. The maximum Gasteiger partial charge on any atom is 0.126 e. The molecule has 0 amide bonds. The van der Waals surface area contributed by atoms with Gasteiger partial charge in [-0.1, -0.05) is 12.8 Å². The highest BCUT2D eigenvalue weighted by Crippen LogP contribution is 2.17. The molecule has 0 bridgehead atoms. The van der Waals surface area contributed by atoms with Gasteiger partial charge in [-0.25, -0.2) is 4.31 Å². The first-order chi connectivity index (χ1) is 7.68. The van der Waals surface area contributed by atoms with E-state index in [-0.39, 0.29) is 0 Å². The van der Waals surface area contributed by atoms with Crippen LogP contribution in [-0.4, -0.2) is 35.4 Å². The molecule has 88 valence electrons. The molecule has 0 atom stereocenters. The van der Waals surface area contributed by atoms with Gasteiger partial charge in [0.25, 0.3) is 0 Å². The molecule has 0 aliphatic carbocycles. The Morgan fingerprint density at radius 3 is 2.56 bits per heavy atom. The molecule has 1 saturated heterocycles. The van der Waals surface area contributed by atoms with Crippen molar-refractivity contribution in [2.75, 3.05) is 26.2 Å². The molecular weight excluding hydrogens is 222 g/mol. The molecule has 1 fully saturated rings. The smallest absolute Gasteiger partial charge is 0.126 e. The zero-order valence-electron chi connectivity index (χ0n) is 9.06. The van der Waals surface area contributed by atoms with Crippen LogP contribution in [0, 0.1) is 0 Å². The van der Waals surface area contributed by atoms with E-state index in [0.29, 0.717) is 11.5 Å². The Bertz CT molecular complexity index is 352. The van der Waals surface area contributed by atoms with E-state index in [2.05, 4.69) is 23.0 Å². The molecule has 0 aromatic rings. The number of thiol groups is 1. The summed E-state index contributed by atoms with van der Waals surface area (Å²) in [5.74, 6) is 0.508. The summed E-state index contributed by atoms with van der Waals surface area (Å²) in [5, 5.41) is 2.92. The summed E-state index contributed by atoms with van der Waals surface area (Å²) in [4.78, 5) is 2.23. The molecule has 0 radical (unpaired) electrons. The number of rotatable bonds is 1. The van der Waals surface area contributed by atoms with Crippen molar-refractivity contribution in [1.82, 2.24) is 14.5 Å². The minimum atomic E-state index is 0.508. The lowest BCUT2D eigenvalue weighted by atomic mass is 10.2. The van der Waals surface area contributed by atoms with Gasteiger partial charge in [0.1, 0.15) is 5.82 Å². The quantitative estimate of drug-likeness (QED) is 0.466. The normalized spacial score (nSPS) is 22.8. The monoisotopic (exact) mass is 239 g/mol. The van der Waals surface area contributed by atoms with E-state index in [4.69, 9.17) is 11.5 Å². The fourth-order valence-corrected chi connectivity index (χ4v) is 1.97. The summed E-state index contributed by atoms with van der Waals surface area (Å²) >= 11 is 4.32. The van der Waals surface area contributed by atoms with Crippen molar-refractivity contribution in [1.29, 1.82) is 0 Å². The summed E-state index contributed by atoms with van der Waals surface area (Å²) in [5.41, 5.74) is 13.4. The van der Waals surface area contributed by atoms with Crippen LogP contribution < -0.4 is 16.8 Å². The molecule has 16 heavy (non-hydrogen) atoms. The molecule has 0 aromatic carbocycles. The first-order valence-corrected chi connectivity index (χ1v) is 5.66. The Morgan fingerprint density at radius 1 is 1.19 bits per heavy atom. The third-order valence-corrected chi connectivity index (χ3v) is 3.15. The number of nitrogens with two attached hydrogens (primary N) is 2. The van der Waals surface area contributed by atoms with Gasteiger partial charge in [-0.2, -0.15) is 0 Å². The summed E-state index contributed by atoms with van der Waals surface area (Å²) in [6, 6.07) is 0. The summed E-state index contributed by atoms with van der Waals surface area (Å²) < 4.78 is 2.01. The summed E-state index contributed by atoms with van der Waals surface area (Å²) in [6.07, 6.45) is 5.68. The second-order valence-electron chi connectivity index (χ2n) is 3.82. The second-order valence-corrected chi connectivity index (χ2v) is 4.39. The zero-order valence-corrected chi connectivity index (χ0v) is 9.95. The molecule has 6 heteroatoms. The van der Waals surface area contributed by atoms with Crippen molar-refractivity contribution in [3.63, 3.8) is 0 Å². The largest absolute Gasteiger partial charge is 0.394 e. The van der Waals surface area contributed by atoms with E-state index < -0.39 is 0 Å². The van der Waals surface area contributed by atoms with Gasteiger partial charge in [0.05, 0.1) is 11.4 Å². The summed E-state index contributed by atoms with van der Waals surface area (Å²) in [7, 11) is 0. The number of piperazine rings is 1. The molecule has 0 saturated carbocycles. The molecular formula is C10H17N5S. The Balaban J connectivity index is 2.16. The van der Waals surface area contributed by atoms with Crippen molar-refractivity contribution in [3.8, 4) is 0 Å². The Hall–Kier alpha value is -1.27. The number of hydrogen-bond acceptors (Lipinski definition) is 6. The minimum absolute atomic E-state index is 0.508. The van der Waals surface area contributed by atoms with Gasteiger partial charge in [0, 0.05) is 32.4 Å². The number of allylic oxidation sites excluding steroid dienone is 2. The number of nitrogens with zero attached hydrogens (tertiary/aromatic N) is 2. The van der Waals surface area contributed by atoms with Crippen LogP contribution in [0.2, 0.25) is 0 Å². The van der Waals surface area contributed by atoms with E-state index in [9.17, 15) is 0 Å². The first kappa shape index (κ1) is 11.2. The summed E-state index contributed by atoms with van der Waals surface area (Å²) in [6.45, 7) is 3.67. The molecule has 0 unspecified atom stereocenters. The molecule has 2 aliphatic heterocycles. The van der Waals surface area contributed by atoms with Crippen molar-refractivity contribution in [2.24, 2.45) is 11.5 Å². The van der Waals surface area contributed by atoms with Gasteiger partial charge in [-0.3, -0.25) is 0 Å². The molecule has 5 N–H and O–H groups in total. The van der Waals surface area contributed by atoms with Crippen LogP contribution in [0.1, 0.15) is 0 Å². The average Bonchev–Trinajstić information content (AvgIpc) is 2.44. The van der Waals surface area contributed by atoms with E-state index >= 15 is 0 Å². The lowest BCUT2D eigenvalue weighted by Gasteiger charge is -2.34. The van der Waals surface area contributed by atoms with Gasteiger partial charge >= 0.3 is 0 Å². The van der Waals surface area contributed by atoms with Crippen molar-refractivity contribution in [3.05, 3.63) is 35.6 Å².